The molecule has 2 heterocycles. The van der Waals surface area contributed by atoms with Gasteiger partial charge in [0.2, 0.25) is 5.91 Å². The van der Waals surface area contributed by atoms with Gasteiger partial charge in [-0.15, -0.1) is 0 Å². The molecule has 2 aliphatic heterocycles. The first kappa shape index (κ1) is 17.5. The number of sulfonamides is 1. The van der Waals surface area contributed by atoms with Gasteiger partial charge < -0.3 is 4.90 Å². The van der Waals surface area contributed by atoms with Crippen molar-refractivity contribution in [2.45, 2.75) is 13.3 Å². The van der Waals surface area contributed by atoms with Crippen molar-refractivity contribution in [2.24, 2.45) is 0 Å². The van der Waals surface area contributed by atoms with Gasteiger partial charge in [-0.05, 0) is 30.5 Å². The molecule has 0 atom stereocenters. The molecule has 0 saturated carbocycles. The second-order valence-corrected chi connectivity index (χ2v) is 8.36. The zero-order valence-corrected chi connectivity index (χ0v) is 15.6. The van der Waals surface area contributed by atoms with E-state index in [0.29, 0.717) is 16.4 Å². The van der Waals surface area contributed by atoms with Gasteiger partial charge in [-0.3, -0.25) is 9.59 Å². The van der Waals surface area contributed by atoms with E-state index in [4.69, 9.17) is 0 Å². The Morgan fingerprint density at radius 2 is 1.70 bits per heavy atom. The minimum Gasteiger partial charge on any atom is -0.310 e. The largest absolute Gasteiger partial charge is 0.310 e. The van der Waals surface area contributed by atoms with E-state index in [1.54, 1.807) is 35.2 Å². The van der Waals surface area contributed by atoms with E-state index in [0.717, 1.165) is 17.7 Å². The zero-order chi connectivity index (χ0) is 19.2. The van der Waals surface area contributed by atoms with E-state index in [-0.39, 0.29) is 10.5 Å². The molecular weight excluding hydrogens is 364 g/mol. The molecule has 7 heteroatoms. The molecule has 6 nitrogen and oxygen atoms in total. The highest BCUT2D eigenvalue weighted by Gasteiger charge is 2.44. The van der Waals surface area contributed by atoms with Crippen LogP contribution in [0.4, 0.5) is 5.69 Å². The normalized spacial score (nSPS) is 18.2. The van der Waals surface area contributed by atoms with Gasteiger partial charge in [0.1, 0.15) is 11.4 Å². The summed E-state index contributed by atoms with van der Waals surface area (Å²) < 4.78 is 26.7. The van der Waals surface area contributed by atoms with Crippen LogP contribution >= 0.6 is 0 Å². The van der Waals surface area contributed by atoms with Crippen molar-refractivity contribution in [2.75, 3.05) is 18.0 Å². The number of hydrogen-bond donors (Lipinski definition) is 0. The summed E-state index contributed by atoms with van der Waals surface area (Å²) in [6.45, 7) is 1.47. The number of para-hydroxylation sites is 1. The molecular formula is C20H18N2O4S. The molecule has 138 valence electrons. The number of carbonyl (C=O) groups excluding carboxylic acids is 2. The Hall–Kier alpha value is -2.93. The van der Waals surface area contributed by atoms with Crippen molar-refractivity contribution < 1.29 is 18.0 Å². The van der Waals surface area contributed by atoms with Crippen LogP contribution in [-0.4, -0.2) is 37.6 Å². The fourth-order valence-electron chi connectivity index (χ4n) is 3.61. The Bertz CT molecular complexity index is 1070. The average Bonchev–Trinajstić information content (AvgIpc) is 3.16. The van der Waals surface area contributed by atoms with Gasteiger partial charge in [0, 0.05) is 17.8 Å². The summed E-state index contributed by atoms with van der Waals surface area (Å²) in [5.41, 5.74) is 2.40. The Morgan fingerprint density at radius 3 is 2.44 bits per heavy atom. The third-order valence-electron chi connectivity index (χ3n) is 4.94. The van der Waals surface area contributed by atoms with Crippen LogP contribution < -0.4 is 4.90 Å². The number of fused-ring (bicyclic) bond motifs is 1. The predicted molar refractivity (Wildman–Crippen MR) is 102 cm³/mol. The summed E-state index contributed by atoms with van der Waals surface area (Å²) in [6.07, 6.45) is 0.717. The molecule has 0 radical (unpaired) electrons. The minimum absolute atomic E-state index is 0.0253. The molecule has 0 saturated heterocycles. The highest BCUT2D eigenvalue weighted by Crippen LogP contribution is 2.36. The predicted octanol–water partition coefficient (Wildman–Crippen LogP) is 2.18. The molecule has 2 aromatic carbocycles. The maximum Gasteiger partial charge on any atom is 0.268 e. The van der Waals surface area contributed by atoms with Crippen LogP contribution in [-0.2, 0) is 26.0 Å². The molecule has 0 bridgehead atoms. The second-order valence-electron chi connectivity index (χ2n) is 6.56. The maximum atomic E-state index is 13.0. The van der Waals surface area contributed by atoms with Crippen molar-refractivity contribution in [3.63, 3.8) is 0 Å². The summed E-state index contributed by atoms with van der Waals surface area (Å²) in [7, 11) is -4.07. The van der Waals surface area contributed by atoms with Crippen molar-refractivity contribution in [1.82, 2.24) is 4.31 Å². The molecule has 0 spiro atoms. The second kappa shape index (κ2) is 6.35. The smallest absolute Gasteiger partial charge is 0.268 e. The minimum atomic E-state index is -4.07. The molecule has 2 aliphatic rings. The highest BCUT2D eigenvalue weighted by atomic mass is 32.2. The lowest BCUT2D eigenvalue weighted by Gasteiger charge is -2.22. The van der Waals surface area contributed by atoms with Crippen LogP contribution in [0.2, 0.25) is 0 Å². The van der Waals surface area contributed by atoms with Gasteiger partial charge in [-0.1, -0.05) is 48.5 Å². The lowest BCUT2D eigenvalue weighted by molar-refractivity contribution is -0.127. The Balaban J connectivity index is 1.63. The fraction of sp³-hybridized carbons (Fsp3) is 0.200. The molecule has 27 heavy (non-hydrogen) atoms. The third-order valence-corrected chi connectivity index (χ3v) is 6.87. The molecule has 0 fully saturated rings. The average molecular weight is 382 g/mol. The van der Waals surface area contributed by atoms with Gasteiger partial charge >= 0.3 is 0 Å². The van der Waals surface area contributed by atoms with Crippen LogP contribution in [0, 0.1) is 0 Å². The molecule has 0 N–H and O–H groups in total. The molecule has 0 aliphatic carbocycles. The van der Waals surface area contributed by atoms with Crippen LogP contribution in [0.25, 0.3) is 4.91 Å². The number of anilines is 1. The lowest BCUT2D eigenvalue weighted by atomic mass is 10.1. The number of hydrogen-bond acceptors (Lipinski definition) is 4. The SMILES string of the molecule is CC1=C(c2ccccc2)S(=O)(=O)N(CC(=O)N2CCc3ccccc32)C1=O. The quantitative estimate of drug-likeness (QED) is 0.816. The van der Waals surface area contributed by atoms with Crippen LogP contribution in [0.5, 0.6) is 0 Å². The zero-order valence-electron chi connectivity index (χ0n) is 14.8. The first-order chi connectivity index (χ1) is 12.9. The van der Waals surface area contributed by atoms with E-state index in [2.05, 4.69) is 0 Å². The van der Waals surface area contributed by atoms with E-state index in [1.807, 2.05) is 24.3 Å². The lowest BCUT2D eigenvalue weighted by Crippen LogP contribution is -2.42. The van der Waals surface area contributed by atoms with Crippen LogP contribution in [0.1, 0.15) is 18.1 Å². The van der Waals surface area contributed by atoms with Gasteiger partial charge in [0.25, 0.3) is 15.9 Å². The number of amides is 2. The summed E-state index contributed by atoms with van der Waals surface area (Å²) in [5.74, 6) is -1.05. The van der Waals surface area contributed by atoms with Crippen molar-refractivity contribution in [1.29, 1.82) is 0 Å². The fourth-order valence-corrected chi connectivity index (χ4v) is 5.38. The molecule has 0 unspecified atom stereocenters. The first-order valence-electron chi connectivity index (χ1n) is 8.63. The van der Waals surface area contributed by atoms with Crippen LogP contribution in [0.15, 0.2) is 60.2 Å². The molecule has 0 aromatic heterocycles. The summed E-state index contributed by atoms with van der Waals surface area (Å²) >= 11 is 0. The van der Waals surface area contributed by atoms with E-state index in [1.165, 1.54) is 6.92 Å². The van der Waals surface area contributed by atoms with Gasteiger partial charge in [0.15, 0.2) is 0 Å². The summed E-state index contributed by atoms with van der Waals surface area (Å²) in [5, 5.41) is 0. The monoisotopic (exact) mass is 382 g/mol. The Labute approximate surface area is 157 Å². The number of nitrogens with zero attached hydrogens (tertiary/aromatic N) is 2. The van der Waals surface area contributed by atoms with Gasteiger partial charge in [0.05, 0.1) is 0 Å². The third kappa shape index (κ3) is 2.75. The van der Waals surface area contributed by atoms with E-state index < -0.39 is 28.4 Å². The van der Waals surface area contributed by atoms with Crippen LogP contribution in [0.3, 0.4) is 0 Å². The number of benzene rings is 2. The summed E-state index contributed by atoms with van der Waals surface area (Å²) in [6, 6.07) is 16.0. The first-order valence-corrected chi connectivity index (χ1v) is 10.1. The Morgan fingerprint density at radius 1 is 1.04 bits per heavy atom. The molecule has 4 rings (SSSR count). The van der Waals surface area contributed by atoms with Gasteiger partial charge in [-0.25, -0.2) is 12.7 Å². The highest BCUT2D eigenvalue weighted by molar-refractivity contribution is 7.99. The maximum absolute atomic E-state index is 13.0. The van der Waals surface area contributed by atoms with E-state index in [9.17, 15) is 18.0 Å². The van der Waals surface area contributed by atoms with Crippen molar-refractivity contribution in [3.8, 4) is 0 Å². The topological polar surface area (TPSA) is 74.8 Å². The van der Waals surface area contributed by atoms with Crippen molar-refractivity contribution >= 4 is 32.4 Å². The van der Waals surface area contributed by atoms with Gasteiger partial charge in [-0.2, -0.15) is 0 Å². The number of rotatable bonds is 3. The standard InChI is InChI=1S/C20H18N2O4S/c1-14-19(16-8-3-2-4-9-16)27(25,26)22(20(14)24)13-18(23)21-12-11-15-7-5-6-10-17(15)21/h2-10H,11-13H2,1H3. The molecule has 2 amide bonds. The molecule has 2 aromatic rings. The summed E-state index contributed by atoms with van der Waals surface area (Å²) in [4.78, 5) is 26.9. The Kier molecular flexibility index (Phi) is 4.11. The van der Waals surface area contributed by atoms with Crippen molar-refractivity contribution in [3.05, 3.63) is 71.3 Å². The number of carbonyl (C=O) groups is 2. The van der Waals surface area contributed by atoms with E-state index >= 15 is 0 Å².